The molecule has 3 fully saturated rings. The topological polar surface area (TPSA) is 35.6 Å². The normalized spacial score (nSPS) is 29.3. The molecule has 0 aromatic heterocycles. The molecule has 0 bridgehead atoms. The fourth-order valence-corrected chi connectivity index (χ4v) is 4.71. The second-order valence-corrected chi connectivity index (χ2v) is 8.18. The van der Waals surface area contributed by atoms with E-state index in [1.165, 1.54) is 64.6 Å². The molecule has 1 amide bonds. The van der Waals surface area contributed by atoms with Crippen LogP contribution < -0.4 is 5.32 Å². The van der Waals surface area contributed by atoms with Gasteiger partial charge >= 0.3 is 0 Å². The molecule has 0 spiro atoms. The summed E-state index contributed by atoms with van der Waals surface area (Å²) >= 11 is 0. The number of carbonyl (C=O) groups excluding carboxylic acids is 1. The van der Waals surface area contributed by atoms with Crippen molar-refractivity contribution in [2.24, 2.45) is 5.92 Å². The van der Waals surface area contributed by atoms with Crippen LogP contribution in [0.1, 0.15) is 65.2 Å². The number of piperidine rings is 2. The summed E-state index contributed by atoms with van der Waals surface area (Å²) in [4.78, 5) is 17.8. The highest BCUT2D eigenvalue weighted by atomic mass is 16.2. The molecule has 2 heterocycles. The van der Waals surface area contributed by atoms with Gasteiger partial charge in [-0.1, -0.05) is 12.8 Å². The van der Waals surface area contributed by atoms with Crippen LogP contribution in [0.5, 0.6) is 0 Å². The van der Waals surface area contributed by atoms with E-state index in [1.807, 2.05) is 0 Å². The van der Waals surface area contributed by atoms with Crippen molar-refractivity contribution < 1.29 is 4.79 Å². The minimum Gasteiger partial charge on any atom is -0.353 e. The van der Waals surface area contributed by atoms with Crippen molar-refractivity contribution in [1.29, 1.82) is 0 Å². The Morgan fingerprint density at radius 3 is 2.30 bits per heavy atom. The summed E-state index contributed by atoms with van der Waals surface area (Å²) in [5.74, 6) is 0.564. The summed E-state index contributed by atoms with van der Waals surface area (Å²) in [6.07, 6.45) is 9.77. The van der Waals surface area contributed by atoms with E-state index in [-0.39, 0.29) is 5.92 Å². The van der Waals surface area contributed by atoms with Gasteiger partial charge in [0.15, 0.2) is 0 Å². The van der Waals surface area contributed by atoms with Gasteiger partial charge in [0.1, 0.15) is 0 Å². The number of carbonyl (C=O) groups is 1. The van der Waals surface area contributed by atoms with Gasteiger partial charge in [0, 0.05) is 24.7 Å². The molecule has 3 aliphatic rings. The van der Waals surface area contributed by atoms with Crippen LogP contribution in [0, 0.1) is 5.92 Å². The predicted octanol–water partition coefficient (Wildman–Crippen LogP) is 2.63. The third-order valence-corrected chi connectivity index (χ3v) is 6.27. The Morgan fingerprint density at radius 2 is 1.65 bits per heavy atom. The zero-order valence-electron chi connectivity index (χ0n) is 15.1. The molecule has 4 nitrogen and oxygen atoms in total. The first-order chi connectivity index (χ1) is 11.1. The molecule has 2 saturated heterocycles. The second kappa shape index (κ2) is 7.98. The summed E-state index contributed by atoms with van der Waals surface area (Å²) in [6.45, 7) is 9.22. The lowest BCUT2D eigenvalue weighted by Gasteiger charge is -2.43. The van der Waals surface area contributed by atoms with E-state index in [9.17, 15) is 4.79 Å². The molecule has 1 N–H and O–H groups in total. The number of hydrogen-bond donors (Lipinski definition) is 1. The summed E-state index contributed by atoms with van der Waals surface area (Å²) in [5, 5.41) is 3.32. The Balaban J connectivity index is 1.47. The van der Waals surface area contributed by atoms with Gasteiger partial charge in [-0.05, 0) is 72.0 Å². The number of nitrogens with one attached hydrogen (secondary N) is 1. The first kappa shape index (κ1) is 17.2. The molecular formula is C19H35N3O. The lowest BCUT2D eigenvalue weighted by Crippen LogP contribution is -2.52. The lowest BCUT2D eigenvalue weighted by molar-refractivity contribution is -0.127. The molecule has 1 saturated carbocycles. The third kappa shape index (κ3) is 4.48. The first-order valence-corrected chi connectivity index (χ1v) is 9.92. The molecular weight excluding hydrogens is 286 g/mol. The predicted molar refractivity (Wildman–Crippen MR) is 94.4 cm³/mol. The third-order valence-electron chi connectivity index (χ3n) is 6.27. The maximum absolute atomic E-state index is 12.6. The van der Waals surface area contributed by atoms with Gasteiger partial charge in [0.2, 0.25) is 5.91 Å². The molecule has 0 radical (unpaired) electrons. The van der Waals surface area contributed by atoms with Crippen LogP contribution in [0.4, 0.5) is 0 Å². The van der Waals surface area contributed by atoms with Crippen molar-refractivity contribution in [3.05, 3.63) is 0 Å². The van der Waals surface area contributed by atoms with Crippen LogP contribution in [-0.2, 0) is 4.79 Å². The van der Waals surface area contributed by atoms with E-state index < -0.39 is 0 Å². The van der Waals surface area contributed by atoms with Gasteiger partial charge in [-0.15, -0.1) is 0 Å². The minimum absolute atomic E-state index is 0.229. The second-order valence-electron chi connectivity index (χ2n) is 8.18. The van der Waals surface area contributed by atoms with E-state index in [0.29, 0.717) is 24.0 Å². The van der Waals surface area contributed by atoms with Crippen LogP contribution in [0.25, 0.3) is 0 Å². The quantitative estimate of drug-likeness (QED) is 0.864. The average Bonchev–Trinajstić information content (AvgIpc) is 3.08. The molecule has 23 heavy (non-hydrogen) atoms. The Morgan fingerprint density at radius 1 is 0.957 bits per heavy atom. The van der Waals surface area contributed by atoms with Crippen molar-refractivity contribution >= 4 is 5.91 Å². The fraction of sp³-hybridized carbons (Fsp3) is 0.947. The van der Waals surface area contributed by atoms with E-state index in [0.717, 1.165) is 13.0 Å². The smallest absolute Gasteiger partial charge is 0.224 e. The van der Waals surface area contributed by atoms with E-state index in [1.54, 1.807) is 0 Å². The van der Waals surface area contributed by atoms with Crippen molar-refractivity contribution in [2.75, 3.05) is 26.2 Å². The molecule has 1 unspecified atom stereocenters. The SMILES string of the molecule is CC(C)N1CCC(N2CCCC(C(=O)NC3CCCC3)C2)CC1. The Kier molecular flexibility index (Phi) is 5.97. The van der Waals surface area contributed by atoms with E-state index in [2.05, 4.69) is 29.0 Å². The molecule has 4 heteroatoms. The summed E-state index contributed by atoms with van der Waals surface area (Å²) in [5.41, 5.74) is 0. The first-order valence-electron chi connectivity index (χ1n) is 9.92. The molecule has 0 aromatic rings. The number of likely N-dealkylation sites (tertiary alicyclic amines) is 2. The van der Waals surface area contributed by atoms with Crippen LogP contribution >= 0.6 is 0 Å². The van der Waals surface area contributed by atoms with Crippen molar-refractivity contribution in [3.63, 3.8) is 0 Å². The minimum atomic E-state index is 0.229. The Hall–Kier alpha value is -0.610. The molecule has 3 rings (SSSR count). The zero-order valence-corrected chi connectivity index (χ0v) is 15.1. The average molecular weight is 322 g/mol. The maximum Gasteiger partial charge on any atom is 0.224 e. The standard InChI is InChI=1S/C19H35N3O/c1-15(2)21-12-9-18(10-13-21)22-11-5-6-16(14-22)19(23)20-17-7-3-4-8-17/h15-18H,3-14H2,1-2H3,(H,20,23). The number of amides is 1. The Bertz CT molecular complexity index is 384. The van der Waals surface area contributed by atoms with E-state index >= 15 is 0 Å². The fourth-order valence-electron chi connectivity index (χ4n) is 4.71. The van der Waals surface area contributed by atoms with Crippen molar-refractivity contribution in [2.45, 2.75) is 83.3 Å². The highest BCUT2D eigenvalue weighted by Gasteiger charge is 2.32. The van der Waals surface area contributed by atoms with Crippen LogP contribution in [-0.4, -0.2) is 60.0 Å². The van der Waals surface area contributed by atoms with E-state index in [4.69, 9.17) is 0 Å². The molecule has 1 aliphatic carbocycles. The van der Waals surface area contributed by atoms with Gasteiger partial charge < -0.3 is 10.2 Å². The van der Waals surface area contributed by atoms with Crippen molar-refractivity contribution in [3.8, 4) is 0 Å². The molecule has 2 aliphatic heterocycles. The van der Waals surface area contributed by atoms with Gasteiger partial charge in [0.25, 0.3) is 0 Å². The Labute approximate surface area is 142 Å². The summed E-state index contributed by atoms with van der Waals surface area (Å²) in [6, 6.07) is 1.83. The highest BCUT2D eigenvalue weighted by molar-refractivity contribution is 5.79. The molecule has 0 aromatic carbocycles. The summed E-state index contributed by atoms with van der Waals surface area (Å²) in [7, 11) is 0. The largest absolute Gasteiger partial charge is 0.353 e. The summed E-state index contributed by atoms with van der Waals surface area (Å²) < 4.78 is 0. The number of rotatable bonds is 4. The van der Waals surface area contributed by atoms with Crippen LogP contribution in [0.2, 0.25) is 0 Å². The highest BCUT2D eigenvalue weighted by Crippen LogP contribution is 2.25. The van der Waals surface area contributed by atoms with Gasteiger partial charge in [-0.2, -0.15) is 0 Å². The van der Waals surface area contributed by atoms with Gasteiger partial charge in [0.05, 0.1) is 5.92 Å². The number of nitrogens with zero attached hydrogens (tertiary/aromatic N) is 2. The van der Waals surface area contributed by atoms with Crippen LogP contribution in [0.3, 0.4) is 0 Å². The molecule has 132 valence electrons. The maximum atomic E-state index is 12.6. The molecule has 1 atom stereocenters. The van der Waals surface area contributed by atoms with Gasteiger partial charge in [-0.3, -0.25) is 9.69 Å². The van der Waals surface area contributed by atoms with Gasteiger partial charge in [-0.25, -0.2) is 0 Å². The lowest BCUT2D eigenvalue weighted by atomic mass is 9.92. The van der Waals surface area contributed by atoms with Crippen LogP contribution in [0.15, 0.2) is 0 Å². The zero-order chi connectivity index (χ0) is 16.2. The number of hydrogen-bond acceptors (Lipinski definition) is 3. The monoisotopic (exact) mass is 321 g/mol. The van der Waals surface area contributed by atoms with Crippen molar-refractivity contribution in [1.82, 2.24) is 15.1 Å².